The van der Waals surface area contributed by atoms with Crippen molar-refractivity contribution in [3.8, 4) is 11.5 Å². The molecule has 0 spiro atoms. The summed E-state index contributed by atoms with van der Waals surface area (Å²) in [4.78, 5) is 15.1. The molecule has 0 radical (unpaired) electrons. The van der Waals surface area contributed by atoms with Crippen molar-refractivity contribution >= 4 is 40.4 Å². The molecule has 7 heteroatoms. The molecule has 5 nitrogen and oxygen atoms in total. The second kappa shape index (κ2) is 7.13. The van der Waals surface area contributed by atoms with Crippen molar-refractivity contribution in [3.63, 3.8) is 0 Å². The maximum Gasteiger partial charge on any atom is 0.173 e. The quantitative estimate of drug-likeness (QED) is 0.442. The van der Waals surface area contributed by atoms with Crippen LogP contribution >= 0.6 is 23.2 Å². The van der Waals surface area contributed by atoms with E-state index in [9.17, 15) is 4.79 Å². The number of carbonyl (C=O) groups is 1. The van der Waals surface area contributed by atoms with Gasteiger partial charge in [-0.1, -0.05) is 6.07 Å². The van der Waals surface area contributed by atoms with Crippen molar-refractivity contribution in [2.75, 3.05) is 38.9 Å². The third-order valence-electron chi connectivity index (χ3n) is 4.90. The molecule has 27 heavy (non-hydrogen) atoms. The molecule has 0 heterocycles. The van der Waals surface area contributed by atoms with Crippen molar-refractivity contribution in [2.24, 2.45) is 5.92 Å². The van der Waals surface area contributed by atoms with E-state index in [1.54, 1.807) is 25.3 Å². The average Bonchev–Trinajstić information content (AvgIpc) is 3.22. The number of anilines is 2. The Balaban J connectivity index is 1.95. The van der Waals surface area contributed by atoms with Crippen LogP contribution in [0.2, 0.25) is 0 Å². The number of hydrogen-bond donors (Lipinski definition) is 1. The molecule has 1 saturated carbocycles. The average molecular weight is 409 g/mol. The topological polar surface area (TPSA) is 64.8 Å². The Kier molecular flexibility index (Phi) is 5.19. The van der Waals surface area contributed by atoms with Crippen molar-refractivity contribution < 1.29 is 14.3 Å². The van der Waals surface area contributed by atoms with Gasteiger partial charge in [-0.05, 0) is 35.9 Å². The van der Waals surface area contributed by atoms with Gasteiger partial charge in [0.25, 0.3) is 0 Å². The summed E-state index contributed by atoms with van der Waals surface area (Å²) in [6, 6.07) is 10.7. The van der Waals surface area contributed by atoms with Crippen LogP contribution in [0, 0.1) is 5.92 Å². The summed E-state index contributed by atoms with van der Waals surface area (Å²) < 4.78 is 9.35. The van der Waals surface area contributed by atoms with E-state index in [4.69, 9.17) is 38.4 Å². The third kappa shape index (κ3) is 3.42. The number of benzene rings is 2. The highest BCUT2D eigenvalue weighted by Crippen LogP contribution is 2.66. The molecule has 0 bridgehead atoms. The zero-order valence-corrected chi connectivity index (χ0v) is 17.1. The van der Waals surface area contributed by atoms with E-state index in [2.05, 4.69) is 0 Å². The normalized spacial score (nSPS) is 20.1. The summed E-state index contributed by atoms with van der Waals surface area (Å²) >= 11 is 13.0. The first-order valence-electron chi connectivity index (χ1n) is 8.43. The molecule has 144 valence electrons. The van der Waals surface area contributed by atoms with Crippen LogP contribution in [0.4, 0.5) is 11.4 Å². The first-order valence-corrected chi connectivity index (χ1v) is 9.18. The molecule has 1 aliphatic rings. The molecule has 1 aliphatic carbocycles. The van der Waals surface area contributed by atoms with Gasteiger partial charge in [0.1, 0.15) is 15.8 Å². The second-order valence-electron chi connectivity index (χ2n) is 6.77. The fourth-order valence-corrected chi connectivity index (χ4v) is 4.24. The Hall–Kier alpha value is -2.11. The largest absolute Gasteiger partial charge is 0.497 e. The lowest BCUT2D eigenvalue weighted by Crippen LogP contribution is -2.11. The number of nitrogen functional groups attached to an aromatic ring is 1. The van der Waals surface area contributed by atoms with E-state index in [0.29, 0.717) is 22.7 Å². The molecule has 3 rings (SSSR count). The van der Waals surface area contributed by atoms with Crippen molar-refractivity contribution in [1.29, 1.82) is 0 Å². The molecule has 2 atom stereocenters. The van der Waals surface area contributed by atoms with Crippen LogP contribution in [0.25, 0.3) is 0 Å². The van der Waals surface area contributed by atoms with Crippen molar-refractivity contribution in [2.45, 2.75) is 10.3 Å². The minimum absolute atomic E-state index is 0.184. The number of ketones is 1. The van der Waals surface area contributed by atoms with Crippen LogP contribution in [-0.4, -0.2) is 38.4 Å². The summed E-state index contributed by atoms with van der Waals surface area (Å²) in [7, 11) is 6.88. The molecular formula is C20H22Cl2N2O3. The lowest BCUT2D eigenvalue weighted by molar-refractivity contribution is 0.0961. The molecule has 0 aliphatic heterocycles. The van der Waals surface area contributed by atoms with Crippen LogP contribution in [-0.2, 0) is 0 Å². The summed E-state index contributed by atoms with van der Waals surface area (Å²) in [6.45, 7) is 0. The Bertz CT molecular complexity index is 884. The predicted molar refractivity (Wildman–Crippen MR) is 110 cm³/mol. The minimum Gasteiger partial charge on any atom is -0.497 e. The second-order valence-corrected chi connectivity index (χ2v) is 8.22. The van der Waals surface area contributed by atoms with Crippen LogP contribution in [0.5, 0.6) is 11.5 Å². The summed E-state index contributed by atoms with van der Waals surface area (Å²) in [5.74, 6) is -0.103. The van der Waals surface area contributed by atoms with Crippen molar-refractivity contribution in [1.82, 2.24) is 0 Å². The van der Waals surface area contributed by atoms with Gasteiger partial charge in [0.15, 0.2) is 5.78 Å². The zero-order chi connectivity index (χ0) is 19.9. The van der Waals surface area contributed by atoms with Crippen LogP contribution in [0.15, 0.2) is 36.4 Å². The lowest BCUT2D eigenvalue weighted by Gasteiger charge is -2.16. The van der Waals surface area contributed by atoms with E-state index in [1.165, 1.54) is 7.11 Å². The number of hydrogen-bond acceptors (Lipinski definition) is 5. The van der Waals surface area contributed by atoms with E-state index < -0.39 is 10.3 Å². The summed E-state index contributed by atoms with van der Waals surface area (Å²) in [6.07, 6.45) is 0. The van der Waals surface area contributed by atoms with Gasteiger partial charge < -0.3 is 20.1 Å². The van der Waals surface area contributed by atoms with Gasteiger partial charge in [0, 0.05) is 20.0 Å². The number of nitrogens with two attached hydrogens (primary N) is 1. The van der Waals surface area contributed by atoms with Crippen LogP contribution in [0.1, 0.15) is 21.8 Å². The number of carbonyl (C=O) groups excluding carboxylic acids is 1. The fraction of sp³-hybridized carbons (Fsp3) is 0.350. The monoisotopic (exact) mass is 408 g/mol. The van der Waals surface area contributed by atoms with E-state index in [1.807, 2.05) is 37.2 Å². The molecule has 2 aromatic rings. The van der Waals surface area contributed by atoms with Gasteiger partial charge in [0.2, 0.25) is 0 Å². The first kappa shape index (κ1) is 19.6. The maximum absolute atomic E-state index is 13.2. The summed E-state index contributed by atoms with van der Waals surface area (Å²) in [5.41, 5.74) is 8.88. The highest BCUT2D eigenvalue weighted by atomic mass is 35.5. The highest BCUT2D eigenvalue weighted by Gasteiger charge is 2.67. The number of methoxy groups -OCH3 is 2. The molecule has 1 fully saturated rings. The molecular weight excluding hydrogens is 387 g/mol. The standard InChI is InChI=1S/C20H22Cl2N2O3/c1-24(2)15-7-5-11(9-14(15)23)17-18(20(17,21)22)19(25)13-10-12(26-3)6-8-16(13)27-4/h5-10,17-18H,23H2,1-4H3. The lowest BCUT2D eigenvalue weighted by atomic mass is 10.0. The first-order chi connectivity index (χ1) is 12.7. The van der Waals surface area contributed by atoms with Gasteiger partial charge >= 0.3 is 0 Å². The van der Waals surface area contributed by atoms with Crippen LogP contribution in [0.3, 0.4) is 0 Å². The third-order valence-corrected chi connectivity index (χ3v) is 5.84. The van der Waals surface area contributed by atoms with Crippen LogP contribution < -0.4 is 20.1 Å². The summed E-state index contributed by atoms with van der Waals surface area (Å²) in [5, 5.41) is 0. The number of Topliss-reactive ketones (excluding diaryl/α,β-unsaturated/α-hetero) is 1. The van der Waals surface area contributed by atoms with Gasteiger partial charge in [-0.25, -0.2) is 0 Å². The maximum atomic E-state index is 13.2. The van der Waals surface area contributed by atoms with E-state index in [0.717, 1.165) is 11.3 Å². The fourth-order valence-electron chi connectivity index (χ4n) is 3.42. The molecule has 2 unspecified atom stereocenters. The predicted octanol–water partition coefficient (Wildman–Crippen LogP) is 4.12. The number of halogens is 2. The van der Waals surface area contributed by atoms with Crippen molar-refractivity contribution in [3.05, 3.63) is 47.5 Å². The number of alkyl halides is 2. The van der Waals surface area contributed by atoms with E-state index in [-0.39, 0.29) is 11.7 Å². The van der Waals surface area contributed by atoms with Gasteiger partial charge in [-0.15, -0.1) is 23.2 Å². The number of ether oxygens (including phenoxy) is 2. The van der Waals surface area contributed by atoms with Gasteiger partial charge in [-0.2, -0.15) is 0 Å². The Morgan fingerprint density at radius 3 is 2.37 bits per heavy atom. The van der Waals surface area contributed by atoms with Gasteiger partial charge in [0.05, 0.1) is 37.1 Å². The molecule has 2 aromatic carbocycles. The highest BCUT2D eigenvalue weighted by molar-refractivity contribution is 6.54. The molecule has 0 aromatic heterocycles. The minimum atomic E-state index is -1.20. The SMILES string of the molecule is COc1ccc(OC)c(C(=O)C2C(c3ccc(N(C)C)c(N)c3)C2(Cl)Cl)c1. The molecule has 2 N–H and O–H groups in total. The molecule has 0 amide bonds. The Morgan fingerprint density at radius 2 is 1.81 bits per heavy atom. The molecule has 0 saturated heterocycles. The number of nitrogens with zero attached hydrogens (tertiary/aromatic N) is 1. The smallest absolute Gasteiger partial charge is 0.173 e. The Labute approximate surface area is 168 Å². The zero-order valence-electron chi connectivity index (χ0n) is 15.6. The number of rotatable bonds is 6. The Morgan fingerprint density at radius 1 is 1.11 bits per heavy atom. The van der Waals surface area contributed by atoms with Gasteiger partial charge in [-0.3, -0.25) is 4.79 Å². The van der Waals surface area contributed by atoms with E-state index >= 15 is 0 Å².